The molecule has 1 aliphatic rings. The van der Waals surface area contributed by atoms with Crippen molar-refractivity contribution in [1.82, 2.24) is 15.1 Å². The van der Waals surface area contributed by atoms with E-state index in [-0.39, 0.29) is 11.8 Å². The molecule has 106 valence electrons. The predicted molar refractivity (Wildman–Crippen MR) is 75.3 cm³/mol. The molecule has 3 N–H and O–H groups in total. The Morgan fingerprint density at radius 2 is 2.00 bits per heavy atom. The number of nitrogens with one attached hydrogen (secondary N) is 1. The van der Waals surface area contributed by atoms with Crippen LogP contribution >= 0.6 is 0 Å². The maximum absolute atomic E-state index is 12.2. The highest BCUT2D eigenvalue weighted by Crippen LogP contribution is 2.22. The number of rotatable bonds is 3. The highest BCUT2D eigenvalue weighted by atomic mass is 16.1. The number of hydrogen-bond donors (Lipinski definition) is 2. The summed E-state index contributed by atoms with van der Waals surface area (Å²) in [4.78, 5) is 12.2. The van der Waals surface area contributed by atoms with E-state index in [1.54, 1.807) is 17.9 Å². The van der Waals surface area contributed by atoms with Gasteiger partial charge in [0, 0.05) is 25.1 Å². The van der Waals surface area contributed by atoms with Crippen LogP contribution in [0.4, 0.5) is 5.82 Å². The smallest absolute Gasteiger partial charge is 0.223 e. The Labute approximate surface area is 114 Å². The molecule has 1 aromatic heterocycles. The third-order valence-corrected chi connectivity index (χ3v) is 3.99. The number of nitrogens with zero attached hydrogens (tertiary/aromatic N) is 2. The third kappa shape index (κ3) is 3.72. The van der Waals surface area contributed by atoms with Crippen molar-refractivity contribution < 1.29 is 4.79 Å². The molecule has 5 heteroatoms. The normalized spacial score (nSPS) is 17.7. The summed E-state index contributed by atoms with van der Waals surface area (Å²) in [5.41, 5.74) is 6.75. The summed E-state index contributed by atoms with van der Waals surface area (Å²) in [7, 11) is 1.80. The van der Waals surface area contributed by atoms with Crippen molar-refractivity contribution in [3.8, 4) is 0 Å². The van der Waals surface area contributed by atoms with Gasteiger partial charge in [-0.3, -0.25) is 9.48 Å². The Morgan fingerprint density at radius 1 is 1.37 bits per heavy atom. The van der Waals surface area contributed by atoms with E-state index in [0.717, 1.165) is 18.4 Å². The van der Waals surface area contributed by atoms with Crippen molar-refractivity contribution in [2.24, 2.45) is 13.0 Å². The second kappa shape index (κ2) is 6.59. The van der Waals surface area contributed by atoms with Gasteiger partial charge in [0.25, 0.3) is 0 Å². The van der Waals surface area contributed by atoms with E-state index in [2.05, 4.69) is 10.4 Å². The number of aromatic nitrogens is 2. The second-order valence-corrected chi connectivity index (χ2v) is 5.44. The monoisotopic (exact) mass is 264 g/mol. The molecule has 5 nitrogen and oxygen atoms in total. The number of anilines is 1. The van der Waals surface area contributed by atoms with Gasteiger partial charge < -0.3 is 11.1 Å². The maximum atomic E-state index is 12.2. The predicted octanol–water partition coefficient (Wildman–Crippen LogP) is 1.98. The van der Waals surface area contributed by atoms with Crippen molar-refractivity contribution >= 4 is 11.7 Å². The van der Waals surface area contributed by atoms with Crippen LogP contribution < -0.4 is 11.1 Å². The first-order valence-electron chi connectivity index (χ1n) is 7.22. The molecule has 1 heterocycles. The fourth-order valence-corrected chi connectivity index (χ4v) is 2.67. The first-order valence-corrected chi connectivity index (χ1v) is 7.22. The van der Waals surface area contributed by atoms with Crippen LogP contribution in [0.15, 0.2) is 6.20 Å². The molecule has 2 rings (SSSR count). The standard InChI is InChI=1S/C14H24N4O/c1-18-13(15)12(10-17-18)9-16-14(19)11-7-5-3-2-4-6-8-11/h10-11H,2-9,15H2,1H3,(H,16,19). The molecule has 0 aliphatic heterocycles. The summed E-state index contributed by atoms with van der Waals surface area (Å²) in [5, 5.41) is 7.07. The topological polar surface area (TPSA) is 72.9 Å². The van der Waals surface area contributed by atoms with Crippen LogP contribution in [0.3, 0.4) is 0 Å². The maximum Gasteiger partial charge on any atom is 0.223 e. The van der Waals surface area contributed by atoms with Gasteiger partial charge in [0.2, 0.25) is 5.91 Å². The SMILES string of the molecule is Cn1ncc(CNC(=O)C2CCCCCCC2)c1N. The van der Waals surface area contributed by atoms with Gasteiger partial charge in [0.05, 0.1) is 6.20 Å². The molecule has 0 saturated heterocycles. The first-order chi connectivity index (χ1) is 9.18. The average Bonchev–Trinajstić information content (AvgIpc) is 2.67. The zero-order chi connectivity index (χ0) is 13.7. The zero-order valence-corrected chi connectivity index (χ0v) is 11.7. The lowest BCUT2D eigenvalue weighted by molar-refractivity contribution is -0.125. The van der Waals surface area contributed by atoms with Crippen LogP contribution in [0, 0.1) is 5.92 Å². The Bertz CT molecular complexity index is 419. The van der Waals surface area contributed by atoms with E-state index in [4.69, 9.17) is 5.73 Å². The number of carbonyl (C=O) groups is 1. The van der Waals surface area contributed by atoms with E-state index in [9.17, 15) is 4.79 Å². The Hall–Kier alpha value is -1.52. The van der Waals surface area contributed by atoms with Crippen molar-refractivity contribution in [3.63, 3.8) is 0 Å². The molecule has 1 aromatic rings. The van der Waals surface area contributed by atoms with E-state index in [0.29, 0.717) is 12.4 Å². The molecule has 1 aliphatic carbocycles. The number of amides is 1. The van der Waals surface area contributed by atoms with Gasteiger partial charge in [-0.2, -0.15) is 5.10 Å². The minimum absolute atomic E-state index is 0.171. The van der Waals surface area contributed by atoms with Crippen LogP contribution in [0.25, 0.3) is 0 Å². The first kappa shape index (κ1) is 13.9. The van der Waals surface area contributed by atoms with E-state index in [1.807, 2.05) is 0 Å². The van der Waals surface area contributed by atoms with Gasteiger partial charge in [-0.25, -0.2) is 0 Å². The van der Waals surface area contributed by atoms with Crippen molar-refractivity contribution in [2.45, 2.75) is 51.5 Å². The van der Waals surface area contributed by atoms with Gasteiger partial charge >= 0.3 is 0 Å². The highest BCUT2D eigenvalue weighted by molar-refractivity contribution is 5.78. The largest absolute Gasteiger partial charge is 0.384 e. The molecule has 1 saturated carbocycles. The number of hydrogen-bond acceptors (Lipinski definition) is 3. The lowest BCUT2D eigenvalue weighted by Crippen LogP contribution is -2.30. The van der Waals surface area contributed by atoms with Gasteiger partial charge in [-0.05, 0) is 12.8 Å². The van der Waals surface area contributed by atoms with Crippen LogP contribution in [-0.4, -0.2) is 15.7 Å². The van der Waals surface area contributed by atoms with Gasteiger partial charge in [0.15, 0.2) is 0 Å². The lowest BCUT2D eigenvalue weighted by atomic mass is 9.90. The summed E-state index contributed by atoms with van der Waals surface area (Å²) in [5.74, 6) is 0.973. The third-order valence-electron chi connectivity index (χ3n) is 3.99. The Balaban J connectivity index is 1.84. The fraction of sp³-hybridized carbons (Fsp3) is 0.714. The number of nitrogens with two attached hydrogens (primary N) is 1. The number of aryl methyl sites for hydroxylation is 1. The molecule has 0 unspecified atom stereocenters. The molecular formula is C14H24N4O. The molecule has 1 amide bonds. The molecular weight excluding hydrogens is 240 g/mol. The molecule has 0 radical (unpaired) electrons. The number of carbonyl (C=O) groups excluding carboxylic acids is 1. The van der Waals surface area contributed by atoms with Crippen molar-refractivity contribution in [2.75, 3.05) is 5.73 Å². The number of nitrogen functional groups attached to an aromatic ring is 1. The van der Waals surface area contributed by atoms with Crippen molar-refractivity contribution in [1.29, 1.82) is 0 Å². The summed E-state index contributed by atoms with van der Waals surface area (Å²) >= 11 is 0. The minimum Gasteiger partial charge on any atom is -0.384 e. The van der Waals surface area contributed by atoms with Crippen LogP contribution in [0.2, 0.25) is 0 Å². The van der Waals surface area contributed by atoms with Crippen LogP contribution in [0.1, 0.15) is 50.5 Å². The molecule has 0 atom stereocenters. The van der Waals surface area contributed by atoms with Gasteiger partial charge in [-0.1, -0.05) is 32.1 Å². The fourth-order valence-electron chi connectivity index (χ4n) is 2.67. The average molecular weight is 264 g/mol. The Morgan fingerprint density at radius 3 is 2.58 bits per heavy atom. The molecule has 0 bridgehead atoms. The highest BCUT2D eigenvalue weighted by Gasteiger charge is 2.19. The molecule has 19 heavy (non-hydrogen) atoms. The van der Waals surface area contributed by atoms with Crippen LogP contribution in [0.5, 0.6) is 0 Å². The quantitative estimate of drug-likeness (QED) is 0.876. The minimum atomic E-state index is 0.171. The summed E-state index contributed by atoms with van der Waals surface area (Å²) in [6.07, 6.45) is 9.95. The zero-order valence-electron chi connectivity index (χ0n) is 11.7. The Kier molecular flexibility index (Phi) is 4.82. The van der Waals surface area contributed by atoms with Crippen LogP contribution in [-0.2, 0) is 18.4 Å². The summed E-state index contributed by atoms with van der Waals surface area (Å²) in [6, 6.07) is 0. The van der Waals surface area contributed by atoms with Crippen molar-refractivity contribution in [3.05, 3.63) is 11.8 Å². The van der Waals surface area contributed by atoms with E-state index < -0.39 is 0 Å². The van der Waals surface area contributed by atoms with E-state index in [1.165, 1.54) is 32.1 Å². The van der Waals surface area contributed by atoms with E-state index >= 15 is 0 Å². The summed E-state index contributed by atoms with van der Waals surface area (Å²) in [6.45, 7) is 0.481. The molecule has 0 aromatic carbocycles. The molecule has 0 spiro atoms. The van der Waals surface area contributed by atoms with Gasteiger partial charge in [0.1, 0.15) is 5.82 Å². The summed E-state index contributed by atoms with van der Waals surface area (Å²) < 4.78 is 1.62. The van der Waals surface area contributed by atoms with Gasteiger partial charge in [-0.15, -0.1) is 0 Å². The lowest BCUT2D eigenvalue weighted by Gasteiger charge is -2.19. The molecule has 1 fully saturated rings. The second-order valence-electron chi connectivity index (χ2n) is 5.44.